The van der Waals surface area contributed by atoms with Gasteiger partial charge in [-0.2, -0.15) is 4.68 Å². The molecule has 1 aliphatic rings. The van der Waals surface area contributed by atoms with Gasteiger partial charge in [0.1, 0.15) is 5.00 Å². The van der Waals surface area contributed by atoms with Gasteiger partial charge in [-0.25, -0.2) is 4.79 Å². The lowest BCUT2D eigenvalue weighted by Crippen LogP contribution is -2.24. The van der Waals surface area contributed by atoms with E-state index in [-0.39, 0.29) is 11.9 Å². The number of esters is 1. The number of amides is 1. The molecule has 0 aliphatic heterocycles. The van der Waals surface area contributed by atoms with Crippen LogP contribution < -0.4 is 5.32 Å². The van der Waals surface area contributed by atoms with Crippen molar-refractivity contribution < 1.29 is 14.3 Å². The van der Waals surface area contributed by atoms with Gasteiger partial charge < -0.3 is 10.1 Å². The molecule has 31 heavy (non-hydrogen) atoms. The van der Waals surface area contributed by atoms with Crippen LogP contribution in [0.4, 0.5) is 5.00 Å². The Morgan fingerprint density at radius 3 is 2.81 bits per heavy atom. The Morgan fingerprint density at radius 2 is 2.03 bits per heavy atom. The van der Waals surface area contributed by atoms with Gasteiger partial charge >= 0.3 is 5.97 Å². The zero-order valence-electron chi connectivity index (χ0n) is 17.3. The number of para-hydroxylation sites is 1. The maximum atomic E-state index is 13.0. The number of aryl methyl sites for hydroxylation is 1. The van der Waals surface area contributed by atoms with Crippen LogP contribution in [0.5, 0.6) is 0 Å². The molecule has 2 heterocycles. The number of carbonyl (C=O) groups is 2. The average molecular weight is 458 g/mol. The van der Waals surface area contributed by atoms with Crippen molar-refractivity contribution in [3.63, 3.8) is 0 Å². The van der Waals surface area contributed by atoms with Crippen LogP contribution >= 0.6 is 23.1 Å². The molecule has 3 aromatic rings. The third-order valence-electron chi connectivity index (χ3n) is 4.98. The predicted molar refractivity (Wildman–Crippen MR) is 120 cm³/mol. The van der Waals surface area contributed by atoms with Crippen LogP contribution in [-0.2, 0) is 22.4 Å². The summed E-state index contributed by atoms with van der Waals surface area (Å²) >= 11 is 2.74. The van der Waals surface area contributed by atoms with E-state index >= 15 is 0 Å². The predicted octanol–water partition coefficient (Wildman–Crippen LogP) is 3.90. The fourth-order valence-electron chi connectivity index (χ4n) is 3.48. The normalized spacial score (nSPS) is 14.0. The van der Waals surface area contributed by atoms with Gasteiger partial charge in [0.15, 0.2) is 0 Å². The molecule has 1 N–H and O–H groups in total. The Bertz CT molecular complexity index is 1080. The summed E-state index contributed by atoms with van der Waals surface area (Å²) in [5.41, 5.74) is 2.36. The summed E-state index contributed by atoms with van der Waals surface area (Å²) in [4.78, 5) is 26.7. The Morgan fingerprint density at radius 1 is 1.26 bits per heavy atom. The third-order valence-corrected chi connectivity index (χ3v) is 7.22. The monoisotopic (exact) mass is 457 g/mol. The molecular weight excluding hydrogens is 434 g/mol. The molecule has 162 valence electrons. The van der Waals surface area contributed by atoms with Gasteiger partial charge in [0.25, 0.3) is 0 Å². The molecule has 1 aromatic carbocycles. The quantitative estimate of drug-likeness (QED) is 0.424. The maximum absolute atomic E-state index is 13.0. The summed E-state index contributed by atoms with van der Waals surface area (Å²) in [5.74, 6) is -0.581. The number of tetrazole rings is 1. The first-order valence-electron chi connectivity index (χ1n) is 10.2. The molecule has 1 aliphatic carbocycles. The second-order valence-corrected chi connectivity index (χ2v) is 9.51. The van der Waals surface area contributed by atoms with Gasteiger partial charge in [0.2, 0.25) is 11.1 Å². The molecular formula is C21H23N5O3S2. The number of nitrogens with zero attached hydrogens (tertiary/aromatic N) is 4. The van der Waals surface area contributed by atoms with Gasteiger partial charge in [-0.15, -0.1) is 16.4 Å². The first-order chi connectivity index (χ1) is 15.1. The van der Waals surface area contributed by atoms with Crippen LogP contribution in [0, 0.1) is 0 Å². The topological polar surface area (TPSA) is 99.0 Å². The van der Waals surface area contributed by atoms with E-state index in [4.69, 9.17) is 4.74 Å². The molecule has 0 radical (unpaired) electrons. The average Bonchev–Trinajstić information content (AvgIpc) is 3.38. The summed E-state index contributed by atoms with van der Waals surface area (Å²) < 4.78 is 6.87. The molecule has 10 heteroatoms. The molecule has 0 saturated heterocycles. The Hall–Kier alpha value is -2.72. The van der Waals surface area contributed by atoms with Gasteiger partial charge in [-0.3, -0.25) is 4.79 Å². The van der Waals surface area contributed by atoms with Crippen molar-refractivity contribution in [3.8, 4) is 5.69 Å². The number of rotatable bonds is 7. The molecule has 4 rings (SSSR count). The minimum atomic E-state index is -0.470. The lowest BCUT2D eigenvalue weighted by Gasteiger charge is -2.13. The number of aromatic nitrogens is 4. The van der Waals surface area contributed by atoms with Crippen LogP contribution in [0.15, 0.2) is 35.5 Å². The van der Waals surface area contributed by atoms with Gasteiger partial charge in [0, 0.05) is 4.88 Å². The van der Waals surface area contributed by atoms with E-state index < -0.39 is 5.25 Å². The Kier molecular flexibility index (Phi) is 6.67. The number of hydrogen-bond donors (Lipinski definition) is 1. The van der Waals surface area contributed by atoms with Gasteiger partial charge in [-0.1, -0.05) is 30.0 Å². The highest BCUT2D eigenvalue weighted by Crippen LogP contribution is 2.39. The first-order valence-corrected chi connectivity index (χ1v) is 11.9. The number of carbonyl (C=O) groups excluding carboxylic acids is 2. The van der Waals surface area contributed by atoms with E-state index in [1.807, 2.05) is 30.3 Å². The molecule has 0 spiro atoms. The summed E-state index contributed by atoms with van der Waals surface area (Å²) in [6, 6.07) is 9.51. The van der Waals surface area contributed by atoms with Crippen LogP contribution in [0.3, 0.4) is 0 Å². The SMILES string of the molecule is CCOC(=O)c1c(NC(=O)[C@@H](C)Sc2nnnn2-c2ccccc2)sc2c1CCCC2. The number of thioether (sulfide) groups is 1. The zero-order chi connectivity index (χ0) is 21.8. The molecule has 2 aromatic heterocycles. The van der Waals surface area contributed by atoms with Crippen molar-refractivity contribution in [2.24, 2.45) is 0 Å². The van der Waals surface area contributed by atoms with Crippen LogP contribution in [0.25, 0.3) is 5.69 Å². The third kappa shape index (κ3) is 4.64. The van der Waals surface area contributed by atoms with Crippen molar-refractivity contribution in [3.05, 3.63) is 46.3 Å². The van der Waals surface area contributed by atoms with Gasteiger partial charge in [-0.05, 0) is 67.7 Å². The number of anilines is 1. The number of thiophene rings is 1. The van der Waals surface area contributed by atoms with Crippen LogP contribution in [0.2, 0.25) is 0 Å². The van der Waals surface area contributed by atoms with Crippen LogP contribution in [-0.4, -0.2) is 43.9 Å². The minimum absolute atomic E-state index is 0.211. The van der Waals surface area contributed by atoms with Gasteiger partial charge in [0.05, 0.1) is 23.1 Å². The molecule has 1 amide bonds. The van der Waals surface area contributed by atoms with E-state index in [0.717, 1.165) is 41.8 Å². The summed E-state index contributed by atoms with van der Waals surface area (Å²) in [5, 5.41) is 15.4. The highest BCUT2D eigenvalue weighted by molar-refractivity contribution is 8.00. The fraction of sp³-hybridized carbons (Fsp3) is 0.381. The fourth-order valence-corrected chi connectivity index (χ4v) is 5.57. The largest absolute Gasteiger partial charge is 0.462 e. The number of hydrogen-bond acceptors (Lipinski definition) is 8. The van der Waals surface area contributed by atoms with Crippen LogP contribution in [0.1, 0.15) is 47.5 Å². The maximum Gasteiger partial charge on any atom is 0.341 e. The molecule has 8 nitrogen and oxygen atoms in total. The summed E-state index contributed by atoms with van der Waals surface area (Å²) in [6.45, 7) is 3.87. The standard InChI is InChI=1S/C21H23N5O3S2/c1-3-29-20(28)17-15-11-7-8-12-16(15)31-19(17)22-18(27)13(2)30-21-23-24-25-26(21)14-9-5-4-6-10-14/h4-6,9-10,13H,3,7-8,11-12H2,1-2H3,(H,22,27)/t13-/m1/s1. The minimum Gasteiger partial charge on any atom is -0.462 e. The highest BCUT2D eigenvalue weighted by atomic mass is 32.2. The lowest BCUT2D eigenvalue weighted by molar-refractivity contribution is -0.115. The number of ether oxygens (including phenoxy) is 1. The molecule has 0 fully saturated rings. The summed E-state index contributed by atoms with van der Waals surface area (Å²) in [6.07, 6.45) is 3.90. The van der Waals surface area contributed by atoms with Crippen molar-refractivity contribution in [2.45, 2.75) is 49.9 Å². The molecule has 0 saturated carbocycles. The Labute approximate surface area is 188 Å². The molecule has 1 atom stereocenters. The van der Waals surface area contributed by atoms with E-state index in [1.54, 1.807) is 18.5 Å². The van der Waals surface area contributed by atoms with E-state index in [2.05, 4.69) is 20.8 Å². The second-order valence-electron chi connectivity index (χ2n) is 7.09. The van der Waals surface area contributed by atoms with Crippen molar-refractivity contribution in [1.29, 1.82) is 0 Å². The first kappa shape index (κ1) is 21.5. The van der Waals surface area contributed by atoms with Crippen molar-refractivity contribution in [2.75, 3.05) is 11.9 Å². The number of benzene rings is 1. The van der Waals surface area contributed by atoms with Crippen molar-refractivity contribution >= 4 is 40.0 Å². The molecule has 0 unspecified atom stereocenters. The smallest absolute Gasteiger partial charge is 0.341 e. The van der Waals surface area contributed by atoms with E-state index in [0.29, 0.717) is 22.3 Å². The van der Waals surface area contributed by atoms with E-state index in [9.17, 15) is 9.59 Å². The van der Waals surface area contributed by atoms with Crippen molar-refractivity contribution in [1.82, 2.24) is 20.2 Å². The number of fused-ring (bicyclic) bond motifs is 1. The number of nitrogens with one attached hydrogen (secondary N) is 1. The zero-order valence-corrected chi connectivity index (χ0v) is 19.0. The summed E-state index contributed by atoms with van der Waals surface area (Å²) in [7, 11) is 0. The molecule has 0 bridgehead atoms. The Balaban J connectivity index is 1.52. The highest BCUT2D eigenvalue weighted by Gasteiger charge is 2.28. The second kappa shape index (κ2) is 9.61. The lowest BCUT2D eigenvalue weighted by atomic mass is 9.95. The van der Waals surface area contributed by atoms with E-state index in [1.165, 1.54) is 23.1 Å².